The van der Waals surface area contributed by atoms with Crippen LogP contribution >= 0.6 is 0 Å². The quantitative estimate of drug-likeness (QED) is 0.566. The molecule has 0 radical (unpaired) electrons. The Bertz CT molecular complexity index is 675. The third-order valence-electron chi connectivity index (χ3n) is 4.88. The van der Waals surface area contributed by atoms with Crippen molar-refractivity contribution in [1.29, 1.82) is 0 Å². The van der Waals surface area contributed by atoms with Crippen LogP contribution in [0.4, 0.5) is 4.79 Å². The Balaban J connectivity index is 1.53. The highest BCUT2D eigenvalue weighted by Gasteiger charge is 2.23. The van der Waals surface area contributed by atoms with Gasteiger partial charge in [-0.15, -0.1) is 0 Å². The molecule has 1 aromatic carbocycles. The number of benzene rings is 1. The van der Waals surface area contributed by atoms with Crippen LogP contribution in [0, 0.1) is 0 Å². The molecule has 8 nitrogen and oxygen atoms in total. The molecule has 1 atom stereocenters. The fourth-order valence-corrected chi connectivity index (χ4v) is 3.29. The van der Waals surface area contributed by atoms with Crippen LogP contribution in [0.25, 0.3) is 0 Å². The minimum Gasteiger partial charge on any atom is -0.449 e. The van der Waals surface area contributed by atoms with Crippen LogP contribution in [-0.4, -0.2) is 56.7 Å². The first kappa shape index (κ1) is 20.6. The molecule has 0 aromatic heterocycles. The third kappa shape index (κ3) is 5.67. The molecule has 1 fully saturated rings. The van der Waals surface area contributed by atoms with Crippen LogP contribution in [-0.2, 0) is 32.0 Å². The SMILES string of the molecule is COCCCOC(=O)N1CCc2ccc(C(=O)NOC3CCCCO3)cc2C1. The molecule has 1 N–H and O–H groups in total. The Morgan fingerprint density at radius 1 is 1.25 bits per heavy atom. The lowest BCUT2D eigenvalue weighted by Gasteiger charge is -2.28. The molecule has 8 heteroatoms. The average Bonchev–Trinajstić information content (AvgIpc) is 2.74. The average molecular weight is 392 g/mol. The topological polar surface area (TPSA) is 86.3 Å². The van der Waals surface area contributed by atoms with E-state index in [0.29, 0.717) is 44.9 Å². The molecular formula is C20H28N2O6. The lowest BCUT2D eigenvalue weighted by atomic mass is 9.97. The maximum Gasteiger partial charge on any atom is 0.410 e. The van der Waals surface area contributed by atoms with Crippen molar-refractivity contribution >= 4 is 12.0 Å². The number of hydrogen-bond donors (Lipinski definition) is 1. The molecule has 1 aromatic rings. The Hall–Kier alpha value is -2.16. The van der Waals surface area contributed by atoms with Crippen LogP contribution in [0.5, 0.6) is 0 Å². The van der Waals surface area contributed by atoms with E-state index in [9.17, 15) is 9.59 Å². The molecule has 0 saturated carbocycles. The molecule has 2 amide bonds. The number of fused-ring (bicyclic) bond motifs is 1. The molecule has 0 aliphatic carbocycles. The van der Waals surface area contributed by atoms with Crippen LogP contribution in [0.3, 0.4) is 0 Å². The number of carbonyl (C=O) groups excluding carboxylic acids is 2. The van der Waals surface area contributed by atoms with E-state index in [-0.39, 0.29) is 12.0 Å². The third-order valence-corrected chi connectivity index (χ3v) is 4.88. The molecular weight excluding hydrogens is 364 g/mol. The summed E-state index contributed by atoms with van der Waals surface area (Å²) in [6.45, 7) is 2.56. The molecule has 154 valence electrons. The Morgan fingerprint density at radius 3 is 2.93 bits per heavy atom. The summed E-state index contributed by atoms with van der Waals surface area (Å²) < 4.78 is 15.7. The van der Waals surface area contributed by atoms with Gasteiger partial charge in [-0.05, 0) is 42.5 Å². The number of hydrogen-bond acceptors (Lipinski definition) is 6. The number of ether oxygens (including phenoxy) is 3. The van der Waals surface area contributed by atoms with Gasteiger partial charge < -0.3 is 19.1 Å². The van der Waals surface area contributed by atoms with Gasteiger partial charge in [-0.25, -0.2) is 15.1 Å². The predicted molar refractivity (Wildman–Crippen MR) is 101 cm³/mol. The second-order valence-electron chi connectivity index (χ2n) is 6.96. The number of nitrogens with zero attached hydrogens (tertiary/aromatic N) is 1. The first-order valence-electron chi connectivity index (χ1n) is 9.77. The minimum atomic E-state index is -0.390. The van der Waals surface area contributed by atoms with Gasteiger partial charge in [0.15, 0.2) is 6.29 Å². The molecule has 2 aliphatic heterocycles. The van der Waals surface area contributed by atoms with E-state index in [0.717, 1.165) is 36.8 Å². The summed E-state index contributed by atoms with van der Waals surface area (Å²) >= 11 is 0. The van der Waals surface area contributed by atoms with Gasteiger partial charge in [0, 0.05) is 51.8 Å². The van der Waals surface area contributed by atoms with Crippen LogP contribution in [0.15, 0.2) is 18.2 Å². The van der Waals surface area contributed by atoms with E-state index in [1.54, 1.807) is 24.1 Å². The number of amides is 2. The smallest absolute Gasteiger partial charge is 0.410 e. The van der Waals surface area contributed by atoms with Gasteiger partial charge in [-0.1, -0.05) is 6.07 Å². The lowest BCUT2D eigenvalue weighted by molar-refractivity contribution is -0.186. The molecule has 2 aliphatic rings. The maximum absolute atomic E-state index is 12.4. The fraction of sp³-hybridized carbons (Fsp3) is 0.600. The number of hydroxylamine groups is 1. The van der Waals surface area contributed by atoms with E-state index >= 15 is 0 Å². The van der Waals surface area contributed by atoms with Gasteiger partial charge in [0.05, 0.1) is 6.61 Å². The highest BCUT2D eigenvalue weighted by Crippen LogP contribution is 2.21. The van der Waals surface area contributed by atoms with Crippen molar-refractivity contribution < 1.29 is 28.6 Å². The number of rotatable bonds is 7. The number of carbonyl (C=O) groups is 2. The molecule has 1 saturated heterocycles. The largest absolute Gasteiger partial charge is 0.449 e. The highest BCUT2D eigenvalue weighted by molar-refractivity contribution is 5.93. The number of methoxy groups -OCH3 is 1. The summed E-state index contributed by atoms with van der Waals surface area (Å²) in [6.07, 6.45) is 3.48. The lowest BCUT2D eigenvalue weighted by Crippen LogP contribution is -2.37. The molecule has 3 rings (SSSR count). The number of nitrogens with one attached hydrogen (secondary N) is 1. The minimum absolute atomic E-state index is 0.323. The van der Waals surface area contributed by atoms with E-state index in [2.05, 4.69) is 5.48 Å². The zero-order chi connectivity index (χ0) is 19.8. The Kier molecular flexibility index (Phi) is 7.64. The maximum atomic E-state index is 12.4. The Labute approximate surface area is 165 Å². The van der Waals surface area contributed by atoms with Crippen LogP contribution < -0.4 is 5.48 Å². The van der Waals surface area contributed by atoms with Crippen molar-refractivity contribution in [2.75, 3.05) is 33.5 Å². The summed E-state index contributed by atoms with van der Waals surface area (Å²) in [5, 5.41) is 0. The predicted octanol–water partition coefficient (Wildman–Crippen LogP) is 2.41. The van der Waals surface area contributed by atoms with E-state index in [4.69, 9.17) is 19.0 Å². The van der Waals surface area contributed by atoms with E-state index < -0.39 is 6.29 Å². The first-order chi connectivity index (χ1) is 13.7. The molecule has 1 unspecified atom stereocenters. The van der Waals surface area contributed by atoms with Gasteiger partial charge in [0.2, 0.25) is 0 Å². The van der Waals surface area contributed by atoms with Crippen molar-refractivity contribution in [3.05, 3.63) is 34.9 Å². The van der Waals surface area contributed by atoms with Crippen molar-refractivity contribution in [2.45, 2.75) is 44.9 Å². The second-order valence-corrected chi connectivity index (χ2v) is 6.96. The van der Waals surface area contributed by atoms with Crippen molar-refractivity contribution in [3.63, 3.8) is 0 Å². The first-order valence-corrected chi connectivity index (χ1v) is 9.77. The summed E-state index contributed by atoms with van der Waals surface area (Å²) in [7, 11) is 1.62. The monoisotopic (exact) mass is 392 g/mol. The Morgan fingerprint density at radius 2 is 2.14 bits per heavy atom. The molecule has 0 bridgehead atoms. The van der Waals surface area contributed by atoms with E-state index in [1.807, 2.05) is 6.07 Å². The van der Waals surface area contributed by atoms with Gasteiger partial charge in [-0.3, -0.25) is 4.79 Å². The summed E-state index contributed by atoms with van der Waals surface area (Å²) in [5.74, 6) is -0.323. The van der Waals surface area contributed by atoms with Gasteiger partial charge >= 0.3 is 6.09 Å². The zero-order valence-electron chi connectivity index (χ0n) is 16.3. The summed E-state index contributed by atoms with van der Waals surface area (Å²) in [4.78, 5) is 31.6. The van der Waals surface area contributed by atoms with Gasteiger partial charge in [0.1, 0.15) is 0 Å². The molecule has 0 spiro atoms. The summed E-state index contributed by atoms with van der Waals surface area (Å²) in [5.41, 5.74) is 5.04. The highest BCUT2D eigenvalue weighted by atomic mass is 16.8. The molecule has 28 heavy (non-hydrogen) atoms. The van der Waals surface area contributed by atoms with Crippen LogP contribution in [0.2, 0.25) is 0 Å². The van der Waals surface area contributed by atoms with E-state index in [1.165, 1.54) is 0 Å². The summed E-state index contributed by atoms with van der Waals surface area (Å²) in [6, 6.07) is 5.51. The fourth-order valence-electron chi connectivity index (χ4n) is 3.29. The molecule has 2 heterocycles. The van der Waals surface area contributed by atoms with Crippen molar-refractivity contribution in [1.82, 2.24) is 10.4 Å². The zero-order valence-corrected chi connectivity index (χ0v) is 16.3. The van der Waals surface area contributed by atoms with Gasteiger partial charge in [-0.2, -0.15) is 0 Å². The van der Waals surface area contributed by atoms with Crippen molar-refractivity contribution in [3.8, 4) is 0 Å². The van der Waals surface area contributed by atoms with Crippen molar-refractivity contribution in [2.24, 2.45) is 0 Å². The van der Waals surface area contributed by atoms with Crippen LogP contribution in [0.1, 0.15) is 47.2 Å². The normalized spacial score (nSPS) is 19.0. The standard InChI is InChI=1S/C20H28N2O6/c1-25-10-4-12-27-20(24)22-9-8-15-6-7-16(13-17(15)14-22)19(23)21-28-18-5-2-3-11-26-18/h6-7,13,18H,2-5,8-12,14H2,1H3,(H,21,23). The van der Waals surface area contributed by atoms with Gasteiger partial charge in [0.25, 0.3) is 5.91 Å². The second kappa shape index (κ2) is 10.4.